The minimum atomic E-state index is -4.66. The van der Waals surface area contributed by atoms with Gasteiger partial charge in [-0.25, -0.2) is 8.42 Å². The molecule has 1 unspecified atom stereocenters. The van der Waals surface area contributed by atoms with Gasteiger partial charge in [0.25, 0.3) is 0 Å². The molecule has 1 aromatic rings. The SMILES string of the molecule is CC(N)C1CCN(S(=O)(=O)c2cc(Cl)cc(C(F)(F)F)c2)CC1.Cl. The van der Waals surface area contributed by atoms with E-state index in [1.54, 1.807) is 0 Å². The molecule has 0 aromatic heterocycles. The van der Waals surface area contributed by atoms with Crippen molar-refractivity contribution in [2.45, 2.75) is 36.9 Å². The zero-order chi connectivity index (χ0) is 17.4. The molecule has 1 aromatic carbocycles. The first-order chi connectivity index (χ1) is 10.5. The molecule has 4 nitrogen and oxygen atoms in total. The zero-order valence-corrected chi connectivity index (χ0v) is 15.3. The standard InChI is InChI=1S/C14H18ClF3N2O2S.ClH/c1-9(19)10-2-4-20(5-3-10)23(21,22)13-7-11(14(16,17)18)6-12(15)8-13;/h6-10H,2-5,19H2,1H3;1H. The molecule has 1 aliphatic heterocycles. The van der Waals surface area contributed by atoms with Gasteiger partial charge in [0.1, 0.15) is 0 Å². The van der Waals surface area contributed by atoms with Crippen LogP contribution in [0.1, 0.15) is 25.3 Å². The van der Waals surface area contributed by atoms with Crippen molar-refractivity contribution >= 4 is 34.0 Å². The third-order valence-electron chi connectivity index (χ3n) is 4.08. The number of benzene rings is 1. The molecular weight excluding hydrogens is 388 g/mol. The first-order valence-electron chi connectivity index (χ1n) is 7.15. The number of sulfonamides is 1. The minimum Gasteiger partial charge on any atom is -0.328 e. The normalized spacial score (nSPS) is 18.9. The molecular formula is C14H19Cl2F3N2O2S. The second-order valence-electron chi connectivity index (χ2n) is 5.77. The number of hydrogen-bond donors (Lipinski definition) is 1. The van der Waals surface area contributed by atoms with Crippen LogP contribution < -0.4 is 5.73 Å². The molecule has 1 aliphatic rings. The molecule has 0 amide bonds. The largest absolute Gasteiger partial charge is 0.416 e. The van der Waals surface area contributed by atoms with Gasteiger partial charge >= 0.3 is 6.18 Å². The minimum absolute atomic E-state index is 0. The van der Waals surface area contributed by atoms with E-state index in [1.165, 1.54) is 4.31 Å². The number of nitrogens with two attached hydrogens (primary N) is 1. The first-order valence-corrected chi connectivity index (χ1v) is 8.97. The lowest BCUT2D eigenvalue weighted by molar-refractivity contribution is -0.137. The van der Waals surface area contributed by atoms with Crippen molar-refractivity contribution in [1.29, 1.82) is 0 Å². The molecule has 0 bridgehead atoms. The summed E-state index contributed by atoms with van der Waals surface area (Å²) in [6.07, 6.45) is -3.48. The van der Waals surface area contributed by atoms with Gasteiger partial charge in [0.15, 0.2) is 0 Å². The quantitative estimate of drug-likeness (QED) is 0.834. The van der Waals surface area contributed by atoms with Crippen molar-refractivity contribution in [3.05, 3.63) is 28.8 Å². The van der Waals surface area contributed by atoms with Gasteiger partial charge in [0.2, 0.25) is 10.0 Å². The maximum absolute atomic E-state index is 12.8. The van der Waals surface area contributed by atoms with Crippen LogP contribution in [0.4, 0.5) is 13.2 Å². The molecule has 0 spiro atoms. The summed E-state index contributed by atoms with van der Waals surface area (Å²) in [6, 6.07) is 2.34. The average molecular weight is 407 g/mol. The number of alkyl halides is 3. The Morgan fingerprint density at radius 3 is 2.25 bits per heavy atom. The summed E-state index contributed by atoms with van der Waals surface area (Å²) in [5.41, 5.74) is 4.73. The molecule has 0 saturated carbocycles. The lowest BCUT2D eigenvalue weighted by Crippen LogP contribution is -2.42. The van der Waals surface area contributed by atoms with Crippen molar-refractivity contribution in [3.8, 4) is 0 Å². The summed E-state index contributed by atoms with van der Waals surface area (Å²) < 4.78 is 64.8. The first kappa shape index (κ1) is 21.5. The van der Waals surface area contributed by atoms with Gasteiger partial charge in [-0.3, -0.25) is 0 Å². The number of piperidine rings is 1. The van der Waals surface area contributed by atoms with Crippen molar-refractivity contribution in [1.82, 2.24) is 4.31 Å². The fourth-order valence-electron chi connectivity index (χ4n) is 2.67. The molecule has 2 N–H and O–H groups in total. The topological polar surface area (TPSA) is 63.4 Å². The van der Waals surface area contributed by atoms with E-state index >= 15 is 0 Å². The summed E-state index contributed by atoms with van der Waals surface area (Å²) in [7, 11) is -4.01. The third-order valence-corrected chi connectivity index (χ3v) is 6.17. The lowest BCUT2D eigenvalue weighted by atomic mass is 9.92. The molecule has 0 aliphatic carbocycles. The number of hydrogen-bond acceptors (Lipinski definition) is 3. The van der Waals surface area contributed by atoms with Gasteiger partial charge in [0, 0.05) is 24.2 Å². The molecule has 1 fully saturated rings. The second kappa shape index (κ2) is 7.78. The van der Waals surface area contributed by atoms with Crippen LogP contribution in [-0.2, 0) is 16.2 Å². The van der Waals surface area contributed by atoms with E-state index in [0.29, 0.717) is 25.0 Å². The maximum atomic E-state index is 12.8. The Labute approximate surface area is 150 Å². The maximum Gasteiger partial charge on any atom is 0.416 e. The van der Waals surface area contributed by atoms with E-state index in [9.17, 15) is 21.6 Å². The number of halogens is 5. The van der Waals surface area contributed by atoms with Gasteiger partial charge in [0.05, 0.1) is 10.5 Å². The fourth-order valence-corrected chi connectivity index (χ4v) is 4.51. The van der Waals surface area contributed by atoms with Crippen molar-refractivity contribution in [2.75, 3.05) is 13.1 Å². The van der Waals surface area contributed by atoms with Crippen molar-refractivity contribution < 1.29 is 21.6 Å². The Morgan fingerprint density at radius 1 is 1.25 bits per heavy atom. The summed E-state index contributed by atoms with van der Waals surface area (Å²) >= 11 is 5.67. The Balaban J connectivity index is 0.00000288. The van der Waals surface area contributed by atoms with E-state index in [4.69, 9.17) is 17.3 Å². The van der Waals surface area contributed by atoms with Crippen molar-refractivity contribution in [2.24, 2.45) is 11.7 Å². The molecule has 0 radical (unpaired) electrons. The number of nitrogens with zero attached hydrogens (tertiary/aromatic N) is 1. The van der Waals surface area contributed by atoms with E-state index in [0.717, 1.165) is 6.07 Å². The van der Waals surface area contributed by atoms with Gasteiger partial charge in [-0.2, -0.15) is 17.5 Å². The van der Waals surface area contributed by atoms with E-state index in [1.807, 2.05) is 6.92 Å². The highest BCUT2D eigenvalue weighted by Gasteiger charge is 2.35. The monoisotopic (exact) mass is 406 g/mol. The number of rotatable bonds is 3. The Morgan fingerprint density at radius 2 is 1.79 bits per heavy atom. The third kappa shape index (κ3) is 4.76. The fraction of sp³-hybridized carbons (Fsp3) is 0.571. The van der Waals surface area contributed by atoms with Crippen LogP contribution >= 0.6 is 24.0 Å². The van der Waals surface area contributed by atoms with Crippen LogP contribution in [0.5, 0.6) is 0 Å². The molecule has 10 heteroatoms. The molecule has 2 rings (SSSR count). The van der Waals surface area contributed by atoms with Crippen LogP contribution in [0.25, 0.3) is 0 Å². The Kier molecular flexibility index (Phi) is 6.97. The summed E-state index contributed by atoms with van der Waals surface area (Å²) in [5.74, 6) is 0.214. The lowest BCUT2D eigenvalue weighted by Gasteiger charge is -2.33. The highest BCUT2D eigenvalue weighted by atomic mass is 35.5. The molecule has 1 atom stereocenters. The molecule has 138 valence electrons. The van der Waals surface area contributed by atoms with Gasteiger partial charge in [-0.15, -0.1) is 12.4 Å². The van der Waals surface area contributed by atoms with E-state index in [2.05, 4.69) is 0 Å². The summed E-state index contributed by atoms with van der Waals surface area (Å²) in [5, 5.41) is -0.260. The van der Waals surface area contributed by atoms with Crippen LogP contribution in [0.15, 0.2) is 23.1 Å². The van der Waals surface area contributed by atoms with E-state index in [-0.39, 0.29) is 42.5 Å². The van der Waals surface area contributed by atoms with Gasteiger partial charge in [-0.05, 0) is 43.9 Å². The average Bonchev–Trinajstić information content (AvgIpc) is 2.45. The summed E-state index contributed by atoms with van der Waals surface area (Å²) in [4.78, 5) is -0.434. The highest BCUT2D eigenvalue weighted by molar-refractivity contribution is 7.89. The predicted molar refractivity (Wildman–Crippen MR) is 88.8 cm³/mol. The molecule has 24 heavy (non-hydrogen) atoms. The van der Waals surface area contributed by atoms with Gasteiger partial charge < -0.3 is 5.73 Å². The van der Waals surface area contributed by atoms with Crippen LogP contribution in [-0.4, -0.2) is 31.9 Å². The highest BCUT2D eigenvalue weighted by Crippen LogP contribution is 2.34. The molecule has 1 heterocycles. The predicted octanol–water partition coefficient (Wildman–Crippen LogP) is 3.53. The second-order valence-corrected chi connectivity index (χ2v) is 8.15. The van der Waals surface area contributed by atoms with Crippen molar-refractivity contribution in [3.63, 3.8) is 0 Å². The van der Waals surface area contributed by atoms with Crippen LogP contribution in [0.2, 0.25) is 5.02 Å². The smallest absolute Gasteiger partial charge is 0.328 e. The van der Waals surface area contributed by atoms with E-state index < -0.39 is 26.7 Å². The van der Waals surface area contributed by atoms with Crippen LogP contribution in [0, 0.1) is 5.92 Å². The van der Waals surface area contributed by atoms with Gasteiger partial charge in [-0.1, -0.05) is 11.6 Å². The summed E-state index contributed by atoms with van der Waals surface area (Å²) in [6.45, 7) is 2.34. The Bertz CT molecular complexity index is 673. The zero-order valence-electron chi connectivity index (χ0n) is 12.9. The Hall–Kier alpha value is -0.540. The van der Waals surface area contributed by atoms with Crippen LogP contribution in [0.3, 0.4) is 0 Å². The molecule has 1 saturated heterocycles.